The lowest BCUT2D eigenvalue weighted by Crippen LogP contribution is -2.46. The number of aliphatic hydroxyl groups is 2. The smallest absolute Gasteiger partial charge is 0.480 e. The number of nitrogens with two attached hydrogens (primary N) is 1. The van der Waals surface area contributed by atoms with E-state index in [4.69, 9.17) is 19.7 Å². The van der Waals surface area contributed by atoms with E-state index in [2.05, 4.69) is 19.3 Å². The third-order valence-corrected chi connectivity index (χ3v) is 9.01. The lowest BCUT2D eigenvalue weighted by Gasteiger charge is -2.19. The van der Waals surface area contributed by atoms with Crippen LogP contribution in [-0.4, -0.2) is 75.4 Å². The highest BCUT2D eigenvalue weighted by Gasteiger charge is 2.48. The third-order valence-electron chi connectivity index (χ3n) is 6.04. The van der Waals surface area contributed by atoms with Gasteiger partial charge < -0.3 is 35.2 Å². The zero-order chi connectivity index (χ0) is 29.4. The summed E-state index contributed by atoms with van der Waals surface area (Å²) in [5.41, 5.74) is 5.25. The number of hydrogen-bond acceptors (Lipinski definition) is 12. The van der Waals surface area contributed by atoms with Gasteiger partial charge in [-0.15, -0.1) is 0 Å². The molecule has 3 aromatic heterocycles. The summed E-state index contributed by atoms with van der Waals surface area (Å²) in [5, 5.41) is 21.4. The number of benzene rings is 1. The number of aromatic amines is 1. The Morgan fingerprint density at radius 1 is 1.17 bits per heavy atom. The number of para-hydroxylation sites is 1. The topological polar surface area (TPSA) is 250 Å². The number of anilines is 1. The van der Waals surface area contributed by atoms with Crippen molar-refractivity contribution in [1.29, 1.82) is 0 Å². The Labute approximate surface area is 230 Å². The molecule has 20 heteroatoms. The van der Waals surface area contributed by atoms with E-state index in [0.717, 1.165) is 18.7 Å². The van der Waals surface area contributed by atoms with Crippen LogP contribution in [0.15, 0.2) is 60.2 Å². The zero-order valence-electron chi connectivity index (χ0n) is 21.0. The van der Waals surface area contributed by atoms with Crippen molar-refractivity contribution in [2.45, 2.75) is 31.1 Å². The van der Waals surface area contributed by atoms with Crippen molar-refractivity contribution in [3.63, 3.8) is 0 Å². The molecule has 1 aromatic carbocycles. The second-order valence-electron chi connectivity index (χ2n) is 8.83. The van der Waals surface area contributed by atoms with Gasteiger partial charge in [0, 0.05) is 12.4 Å². The maximum atomic E-state index is 12.8. The molecule has 0 bridgehead atoms. The van der Waals surface area contributed by atoms with Crippen molar-refractivity contribution in [3.8, 4) is 5.75 Å². The molecule has 5 rings (SSSR count). The molecular weight excluding hydrogens is 588 g/mol. The van der Waals surface area contributed by atoms with Crippen molar-refractivity contribution in [3.05, 3.63) is 65.7 Å². The number of hydrogen-bond donors (Lipinski definition) is 6. The van der Waals surface area contributed by atoms with Gasteiger partial charge in [-0.3, -0.25) is 18.9 Å². The maximum absolute atomic E-state index is 12.8. The number of phosphoric ester groups is 1. The molecule has 0 saturated carbocycles. The molecule has 7 N–H and O–H groups in total. The minimum atomic E-state index is -5.17. The van der Waals surface area contributed by atoms with Gasteiger partial charge in [0.2, 0.25) is 11.7 Å². The van der Waals surface area contributed by atoms with Crippen LogP contribution in [0.4, 0.5) is 5.95 Å². The summed E-state index contributed by atoms with van der Waals surface area (Å²) in [4.78, 5) is 42.8. The van der Waals surface area contributed by atoms with E-state index in [1.165, 1.54) is 15.5 Å². The number of phosphoric acid groups is 1. The van der Waals surface area contributed by atoms with Crippen molar-refractivity contribution >= 4 is 32.7 Å². The van der Waals surface area contributed by atoms with Gasteiger partial charge in [-0.2, -0.15) is 4.31 Å². The Morgan fingerprint density at radius 3 is 2.63 bits per heavy atom. The first kappa shape index (κ1) is 29.1. The molecule has 6 atom stereocenters. The molecule has 1 saturated heterocycles. The number of nitrogens with zero attached hydrogens (tertiary/aromatic N) is 5. The molecule has 4 aromatic rings. The molecular formula is C21H26N7O11P2+. The summed E-state index contributed by atoms with van der Waals surface area (Å²) in [6.07, 6.45) is -1.51. The quantitative estimate of drug-likeness (QED) is 0.0901. The third kappa shape index (κ3) is 6.25. The monoisotopic (exact) mass is 614 g/mol. The SMILES string of the molecule is Nc1nc2c(c(=O)[nH]1)n(CCOc1ccccc1)c[n+]2[C@@H]1O[C@H](COP(=O)(O)OP(=O)(O)n2ccnc2)[C@@H](O)[C@H]1O. The standard InChI is InChI=1S/C21H25N7O11P2/c22-21-24-18-15(19(31)25-21)26(8-9-36-13-4-2-1-3-5-13)12-28(18)20-17(30)16(29)14(38-20)10-37-41(34,35)39-40(32,33)27-7-6-23-11-27/h1-7,11-12,14,16-17,20,29-30H,8-10H2,(H4-,22,24,25,31,32,33,34,35)/p+1/t14-,16-,17-,20-/m1/s1. The van der Waals surface area contributed by atoms with E-state index in [-0.39, 0.29) is 30.3 Å². The normalized spacial score (nSPS) is 23.8. The van der Waals surface area contributed by atoms with Gasteiger partial charge in [-0.05, 0) is 12.1 Å². The fraction of sp³-hybridized carbons (Fsp3) is 0.333. The van der Waals surface area contributed by atoms with Gasteiger partial charge in [0.05, 0.1) is 6.61 Å². The van der Waals surface area contributed by atoms with Crippen LogP contribution in [0.25, 0.3) is 11.2 Å². The number of aromatic nitrogens is 6. The summed E-state index contributed by atoms with van der Waals surface area (Å²) in [6, 6.07) is 8.98. The first-order valence-electron chi connectivity index (χ1n) is 11.9. The number of ether oxygens (including phenoxy) is 2. The van der Waals surface area contributed by atoms with Gasteiger partial charge in [0.15, 0.2) is 6.33 Å². The molecule has 0 radical (unpaired) electrons. The molecule has 4 heterocycles. The molecule has 0 aliphatic carbocycles. The average molecular weight is 614 g/mol. The van der Waals surface area contributed by atoms with Gasteiger partial charge in [-0.1, -0.05) is 23.2 Å². The van der Waals surface area contributed by atoms with E-state index in [1.54, 1.807) is 24.3 Å². The molecule has 41 heavy (non-hydrogen) atoms. The van der Waals surface area contributed by atoms with Crippen molar-refractivity contribution in [1.82, 2.24) is 23.9 Å². The molecule has 0 spiro atoms. The molecule has 2 unspecified atom stereocenters. The molecule has 18 nitrogen and oxygen atoms in total. The van der Waals surface area contributed by atoms with Crippen LogP contribution in [0.3, 0.4) is 0 Å². The second kappa shape index (κ2) is 11.4. The summed E-state index contributed by atoms with van der Waals surface area (Å²) < 4.78 is 48.5. The number of aliphatic hydroxyl groups excluding tert-OH is 2. The number of rotatable bonds is 11. The van der Waals surface area contributed by atoms with Crippen LogP contribution in [0.2, 0.25) is 0 Å². The van der Waals surface area contributed by atoms with Gasteiger partial charge in [0.25, 0.3) is 11.5 Å². The number of imidazole rings is 2. The molecule has 220 valence electrons. The van der Waals surface area contributed by atoms with E-state index in [0.29, 0.717) is 10.1 Å². The Bertz CT molecular complexity index is 1660. The van der Waals surface area contributed by atoms with Crippen LogP contribution in [0.5, 0.6) is 5.75 Å². The van der Waals surface area contributed by atoms with Gasteiger partial charge in [-0.25, -0.2) is 23.0 Å². The predicted molar refractivity (Wildman–Crippen MR) is 137 cm³/mol. The lowest BCUT2D eigenvalue weighted by atomic mass is 10.1. The van der Waals surface area contributed by atoms with E-state index >= 15 is 0 Å². The highest BCUT2D eigenvalue weighted by atomic mass is 31.3. The van der Waals surface area contributed by atoms with Crippen molar-refractivity contribution in [2.75, 3.05) is 18.9 Å². The fourth-order valence-electron chi connectivity index (χ4n) is 4.17. The van der Waals surface area contributed by atoms with E-state index in [1.807, 2.05) is 6.07 Å². The van der Waals surface area contributed by atoms with Crippen LogP contribution < -0.4 is 20.6 Å². The summed E-state index contributed by atoms with van der Waals surface area (Å²) in [7, 11) is -10.0. The Morgan fingerprint density at radius 2 is 1.93 bits per heavy atom. The molecule has 1 aliphatic heterocycles. The van der Waals surface area contributed by atoms with Gasteiger partial charge >= 0.3 is 21.2 Å². The number of nitrogens with one attached hydrogen (secondary N) is 1. The highest BCUT2D eigenvalue weighted by Crippen LogP contribution is 2.60. The molecule has 1 aliphatic rings. The summed E-state index contributed by atoms with van der Waals surface area (Å²) in [5.74, 6) is 0.397. The zero-order valence-corrected chi connectivity index (χ0v) is 22.8. The fourth-order valence-corrected chi connectivity index (χ4v) is 6.53. The number of H-pyrrole nitrogens is 1. The molecule has 1 fully saturated rings. The molecule has 0 amide bonds. The van der Waals surface area contributed by atoms with Crippen molar-refractivity contribution < 1.29 is 52.0 Å². The summed E-state index contributed by atoms with van der Waals surface area (Å²) in [6.45, 7) is -0.495. The Hall–Kier alpha value is -3.44. The first-order valence-corrected chi connectivity index (χ1v) is 15.0. The minimum Gasteiger partial charge on any atom is -0.490 e. The average Bonchev–Trinajstić information content (AvgIpc) is 3.63. The maximum Gasteiger partial charge on any atom is 0.480 e. The van der Waals surface area contributed by atoms with E-state index < -0.39 is 52.3 Å². The van der Waals surface area contributed by atoms with Crippen LogP contribution >= 0.6 is 15.6 Å². The summed E-state index contributed by atoms with van der Waals surface area (Å²) >= 11 is 0. The largest absolute Gasteiger partial charge is 0.490 e. The number of nitrogen functional groups attached to an aromatic ring is 1. The minimum absolute atomic E-state index is 0.0153. The Kier molecular flexibility index (Phi) is 8.11. The number of fused-ring (bicyclic) bond motifs is 1. The Balaban J connectivity index is 1.33. The van der Waals surface area contributed by atoms with Crippen LogP contribution in [0, 0.1) is 0 Å². The van der Waals surface area contributed by atoms with Gasteiger partial charge in [0.1, 0.15) is 43.5 Å². The van der Waals surface area contributed by atoms with Crippen LogP contribution in [0.1, 0.15) is 6.23 Å². The highest BCUT2D eigenvalue weighted by molar-refractivity contribution is 7.63. The lowest BCUT2D eigenvalue weighted by molar-refractivity contribution is -0.746. The van der Waals surface area contributed by atoms with Crippen LogP contribution in [-0.2, 0) is 29.2 Å². The predicted octanol–water partition coefficient (Wildman–Crippen LogP) is -0.729. The van der Waals surface area contributed by atoms with Crippen molar-refractivity contribution in [2.24, 2.45) is 0 Å². The van der Waals surface area contributed by atoms with E-state index in [9.17, 15) is 33.9 Å². The first-order chi connectivity index (χ1) is 19.4. The second-order valence-corrected chi connectivity index (χ2v) is 12.1.